The monoisotopic (exact) mass is 448 g/mol. The van der Waals surface area contributed by atoms with Crippen LogP contribution in [0.1, 0.15) is 28.9 Å². The largest absolute Gasteiger partial charge is 0.741 e. The fourth-order valence-electron chi connectivity index (χ4n) is 4.20. The van der Waals surface area contributed by atoms with Gasteiger partial charge in [-0.25, -0.2) is 12.8 Å². The molecule has 4 nitrogen and oxygen atoms in total. The van der Waals surface area contributed by atoms with Crippen LogP contribution in [0.15, 0.2) is 59.0 Å². The molecule has 0 amide bonds. The summed E-state index contributed by atoms with van der Waals surface area (Å²) in [5, 5.41) is 0. The first-order valence-corrected chi connectivity index (χ1v) is 11.2. The first kappa shape index (κ1) is 21.5. The summed E-state index contributed by atoms with van der Waals surface area (Å²) in [6.45, 7) is 0. The zero-order chi connectivity index (χ0) is 22.2. The molecule has 8 heteroatoms. The van der Waals surface area contributed by atoms with E-state index in [1.54, 1.807) is 0 Å². The highest BCUT2D eigenvalue weighted by Crippen LogP contribution is 2.44. The van der Waals surface area contributed by atoms with Crippen LogP contribution in [0.25, 0.3) is 22.5 Å². The average Bonchev–Trinajstić information content (AvgIpc) is 3.20. The molecular formula is C23H19F3O4S. The highest BCUT2D eigenvalue weighted by molar-refractivity contribution is 7.86. The lowest BCUT2D eigenvalue weighted by Gasteiger charge is -2.17. The van der Waals surface area contributed by atoms with Gasteiger partial charge in [-0.05, 0) is 42.9 Å². The molecule has 0 saturated carbocycles. The SMILES string of the molecule is O=S(=O)([O-])C(F)(F)F.c1ccc(-c2c3c([o+]c4c2CCc2ccccc2-4)CCC3)cc1. The Morgan fingerprint density at radius 2 is 1.48 bits per heavy atom. The quantitative estimate of drug-likeness (QED) is 0.279. The van der Waals surface area contributed by atoms with Crippen molar-refractivity contribution in [2.24, 2.45) is 0 Å². The van der Waals surface area contributed by atoms with Gasteiger partial charge in [0.1, 0.15) is 0 Å². The molecule has 0 N–H and O–H groups in total. The van der Waals surface area contributed by atoms with Crippen LogP contribution < -0.4 is 0 Å². The third-order valence-corrected chi connectivity index (χ3v) is 6.09. The topological polar surface area (TPSA) is 68.5 Å². The van der Waals surface area contributed by atoms with Gasteiger partial charge in [-0.15, -0.1) is 0 Å². The van der Waals surface area contributed by atoms with Gasteiger partial charge in [0.15, 0.2) is 10.1 Å². The zero-order valence-electron chi connectivity index (χ0n) is 16.4. The second-order valence-corrected chi connectivity index (χ2v) is 8.83. The number of benzene rings is 2. The van der Waals surface area contributed by atoms with E-state index in [4.69, 9.17) is 17.4 Å². The van der Waals surface area contributed by atoms with Gasteiger partial charge >= 0.3 is 17.0 Å². The van der Waals surface area contributed by atoms with Gasteiger partial charge in [0, 0.05) is 5.56 Å². The summed E-state index contributed by atoms with van der Waals surface area (Å²) >= 11 is 0. The molecule has 31 heavy (non-hydrogen) atoms. The summed E-state index contributed by atoms with van der Waals surface area (Å²) in [5.41, 5.74) is 2.73. The van der Waals surface area contributed by atoms with Gasteiger partial charge in [-0.2, -0.15) is 13.2 Å². The van der Waals surface area contributed by atoms with Crippen molar-refractivity contribution < 1.29 is 30.6 Å². The molecule has 0 saturated heterocycles. The minimum Gasteiger partial charge on any atom is -0.741 e. The van der Waals surface area contributed by atoms with E-state index in [0.29, 0.717) is 0 Å². The molecule has 0 radical (unpaired) electrons. The van der Waals surface area contributed by atoms with E-state index < -0.39 is 15.6 Å². The number of halogens is 3. The minimum absolute atomic E-state index is 1.07. The Morgan fingerprint density at radius 1 is 0.839 bits per heavy atom. The zero-order valence-corrected chi connectivity index (χ0v) is 17.2. The second kappa shape index (κ2) is 8.09. The lowest BCUT2D eigenvalue weighted by Crippen LogP contribution is -2.21. The number of hydrogen-bond donors (Lipinski definition) is 0. The predicted molar refractivity (Wildman–Crippen MR) is 109 cm³/mol. The van der Waals surface area contributed by atoms with Crippen molar-refractivity contribution in [3.8, 4) is 22.5 Å². The molecule has 1 aromatic heterocycles. The molecule has 2 aliphatic rings. The molecule has 0 atom stereocenters. The molecule has 0 aliphatic heterocycles. The highest BCUT2D eigenvalue weighted by atomic mass is 32.2. The maximum Gasteiger partial charge on any atom is 0.485 e. The number of rotatable bonds is 1. The standard InChI is InChI=1S/C22H19O.CHF3O3S/c1-2-8-16(9-3-1)21-18-11-6-12-20(18)23-22-17-10-5-4-7-15(17)13-14-19(21)22;2-1(3,4)8(5,6)7/h1-5,7-10H,6,11-14H2;(H,5,6,7)/q+1;/p-1. The van der Waals surface area contributed by atoms with E-state index in [2.05, 4.69) is 54.6 Å². The van der Waals surface area contributed by atoms with Crippen molar-refractivity contribution in [2.75, 3.05) is 0 Å². The third-order valence-electron chi connectivity index (χ3n) is 5.52. The Balaban J connectivity index is 0.000000250. The van der Waals surface area contributed by atoms with E-state index in [1.807, 2.05) is 0 Å². The molecule has 0 fully saturated rings. The van der Waals surface area contributed by atoms with Gasteiger partial charge in [0.2, 0.25) is 0 Å². The van der Waals surface area contributed by atoms with Crippen molar-refractivity contribution in [2.45, 2.75) is 37.6 Å². The van der Waals surface area contributed by atoms with Crippen LogP contribution in [0.3, 0.4) is 0 Å². The van der Waals surface area contributed by atoms with Crippen LogP contribution in [-0.2, 0) is 35.8 Å². The van der Waals surface area contributed by atoms with Crippen LogP contribution >= 0.6 is 0 Å². The highest BCUT2D eigenvalue weighted by Gasteiger charge is 2.37. The molecule has 0 bridgehead atoms. The maximum atomic E-state index is 10.7. The molecule has 2 aliphatic carbocycles. The summed E-state index contributed by atoms with van der Waals surface area (Å²) in [6, 6.07) is 19.6. The van der Waals surface area contributed by atoms with Crippen molar-refractivity contribution in [3.63, 3.8) is 0 Å². The summed E-state index contributed by atoms with van der Waals surface area (Å²) in [5.74, 6) is 2.32. The van der Waals surface area contributed by atoms with Gasteiger partial charge in [-0.3, -0.25) is 0 Å². The first-order valence-electron chi connectivity index (χ1n) is 9.83. The van der Waals surface area contributed by atoms with Crippen molar-refractivity contribution in [1.29, 1.82) is 0 Å². The van der Waals surface area contributed by atoms with Gasteiger partial charge in [-0.1, -0.05) is 48.5 Å². The molecule has 2 aromatic carbocycles. The lowest BCUT2D eigenvalue weighted by molar-refractivity contribution is -0.0517. The first-order chi connectivity index (χ1) is 14.7. The molecular weight excluding hydrogens is 429 g/mol. The van der Waals surface area contributed by atoms with Crippen LogP contribution in [0.5, 0.6) is 0 Å². The normalized spacial score (nSPS) is 14.7. The van der Waals surface area contributed by atoms with Gasteiger partial charge in [0.25, 0.3) is 0 Å². The fraction of sp³-hybridized carbons (Fsp3) is 0.261. The molecule has 3 aromatic rings. The Morgan fingerprint density at radius 3 is 2.16 bits per heavy atom. The van der Waals surface area contributed by atoms with Crippen LogP contribution in [0, 0.1) is 0 Å². The minimum atomic E-state index is -6.09. The Kier molecular flexibility index (Phi) is 5.61. The van der Waals surface area contributed by atoms with E-state index in [-0.39, 0.29) is 0 Å². The molecule has 162 valence electrons. The predicted octanol–water partition coefficient (Wildman–Crippen LogP) is 5.53. The molecule has 0 spiro atoms. The number of aryl methyl sites for hydroxylation is 2. The summed E-state index contributed by atoms with van der Waals surface area (Å²) < 4.78 is 65.3. The summed E-state index contributed by atoms with van der Waals surface area (Å²) in [6.07, 6.45) is 5.62. The van der Waals surface area contributed by atoms with E-state index in [1.165, 1.54) is 45.6 Å². The van der Waals surface area contributed by atoms with Gasteiger partial charge in [0.05, 0.1) is 23.1 Å². The van der Waals surface area contributed by atoms with Crippen LogP contribution in [-0.4, -0.2) is 18.5 Å². The lowest BCUT2D eigenvalue weighted by atomic mass is 9.84. The van der Waals surface area contributed by atoms with Crippen molar-refractivity contribution in [3.05, 3.63) is 77.0 Å². The fourth-order valence-corrected chi connectivity index (χ4v) is 4.20. The number of fused-ring (bicyclic) bond motifs is 4. The maximum absolute atomic E-state index is 10.7. The molecule has 0 unspecified atom stereocenters. The second-order valence-electron chi connectivity index (χ2n) is 7.46. The summed E-state index contributed by atoms with van der Waals surface area (Å²) in [4.78, 5) is 0. The average molecular weight is 448 g/mol. The van der Waals surface area contributed by atoms with Crippen LogP contribution in [0.2, 0.25) is 0 Å². The molecule has 5 rings (SSSR count). The smallest absolute Gasteiger partial charge is 0.485 e. The summed E-state index contributed by atoms with van der Waals surface area (Å²) in [7, 11) is -6.09. The Hall–Kier alpha value is -2.71. The van der Waals surface area contributed by atoms with Crippen molar-refractivity contribution >= 4 is 10.1 Å². The van der Waals surface area contributed by atoms with E-state index in [9.17, 15) is 13.2 Å². The van der Waals surface area contributed by atoms with Gasteiger partial charge < -0.3 is 4.55 Å². The third kappa shape index (κ3) is 4.22. The molecule has 1 heterocycles. The number of alkyl halides is 3. The Labute approximate surface area is 178 Å². The van der Waals surface area contributed by atoms with E-state index in [0.717, 1.165) is 31.4 Å². The van der Waals surface area contributed by atoms with E-state index >= 15 is 0 Å². The van der Waals surface area contributed by atoms with Crippen LogP contribution in [0.4, 0.5) is 13.2 Å². The van der Waals surface area contributed by atoms with Crippen molar-refractivity contribution in [1.82, 2.24) is 0 Å². The Bertz CT molecular complexity index is 1220. The number of hydrogen-bond acceptors (Lipinski definition) is 3.